The van der Waals surface area contributed by atoms with Crippen LogP contribution in [-0.2, 0) is 17.6 Å². The van der Waals surface area contributed by atoms with Gasteiger partial charge >= 0.3 is 0 Å². The minimum atomic E-state index is -0.933. The maximum absolute atomic E-state index is 13.8. The van der Waals surface area contributed by atoms with E-state index in [0.29, 0.717) is 12.0 Å². The quantitative estimate of drug-likeness (QED) is 0.403. The molecule has 0 radical (unpaired) electrons. The molecule has 2 heterocycles. The molecule has 0 bridgehead atoms. The van der Waals surface area contributed by atoms with Crippen molar-refractivity contribution in [3.05, 3.63) is 58.1 Å². The smallest absolute Gasteiger partial charge is 0.217 e. The molecule has 4 rings (SSSR count). The zero-order valence-electron chi connectivity index (χ0n) is 21.0. The molecule has 2 aliphatic rings. The van der Waals surface area contributed by atoms with Gasteiger partial charge in [0.25, 0.3) is 0 Å². The summed E-state index contributed by atoms with van der Waals surface area (Å²) in [6.45, 7) is 5.08. The molecular weight excluding hydrogens is 485 g/mol. The van der Waals surface area contributed by atoms with E-state index < -0.39 is 23.6 Å². The van der Waals surface area contributed by atoms with E-state index in [0.717, 1.165) is 42.7 Å². The molecule has 1 spiro atoms. The monoisotopic (exact) mass is 519 g/mol. The largest absolute Gasteiger partial charge is 0.485 e. The van der Waals surface area contributed by atoms with Gasteiger partial charge in [-0.25, -0.2) is 4.39 Å². The van der Waals surface area contributed by atoms with Crippen molar-refractivity contribution in [3.8, 4) is 5.75 Å². The Kier molecular flexibility index (Phi) is 7.90. The molecule has 1 aromatic heterocycles. The summed E-state index contributed by atoms with van der Waals surface area (Å²) in [7, 11) is 0. The number of pyridine rings is 1. The minimum Gasteiger partial charge on any atom is -0.485 e. The van der Waals surface area contributed by atoms with Crippen molar-refractivity contribution in [2.24, 2.45) is 0 Å². The SMILES string of the molecule is CC(=O)N[C@@H](Cc1cc(F)cc(Cl)c1)[C@@H](O)CN[C@H]1CC2(CCC2)Oc2cnc(CC(C)(C)O)cc21. The van der Waals surface area contributed by atoms with E-state index in [2.05, 4.69) is 15.6 Å². The van der Waals surface area contributed by atoms with Gasteiger partial charge in [0.05, 0.1) is 23.9 Å². The van der Waals surface area contributed by atoms with E-state index in [1.807, 2.05) is 6.07 Å². The van der Waals surface area contributed by atoms with Gasteiger partial charge in [-0.05, 0) is 69.4 Å². The Morgan fingerprint density at radius 1 is 1.33 bits per heavy atom. The van der Waals surface area contributed by atoms with Gasteiger partial charge in [0.1, 0.15) is 17.2 Å². The van der Waals surface area contributed by atoms with Crippen LogP contribution in [0.5, 0.6) is 5.75 Å². The van der Waals surface area contributed by atoms with Crippen LogP contribution < -0.4 is 15.4 Å². The lowest BCUT2D eigenvalue weighted by Crippen LogP contribution is -2.52. The molecule has 1 aliphatic heterocycles. The second kappa shape index (κ2) is 10.6. The van der Waals surface area contributed by atoms with Crippen LogP contribution >= 0.6 is 11.6 Å². The molecule has 7 nitrogen and oxygen atoms in total. The third kappa shape index (κ3) is 6.73. The van der Waals surface area contributed by atoms with Gasteiger partial charge in [-0.3, -0.25) is 9.78 Å². The van der Waals surface area contributed by atoms with Crippen LogP contribution in [0.1, 0.15) is 69.3 Å². The number of amides is 1. The maximum atomic E-state index is 13.8. The Balaban J connectivity index is 1.51. The van der Waals surface area contributed by atoms with Crippen LogP contribution in [0, 0.1) is 5.82 Å². The fraction of sp³-hybridized carbons (Fsp3) is 0.556. The summed E-state index contributed by atoms with van der Waals surface area (Å²) >= 11 is 5.99. The average Bonchev–Trinajstić information content (AvgIpc) is 2.73. The van der Waals surface area contributed by atoms with Gasteiger partial charge in [0.15, 0.2) is 0 Å². The topological polar surface area (TPSA) is 104 Å². The molecule has 1 amide bonds. The van der Waals surface area contributed by atoms with Crippen molar-refractivity contribution in [2.45, 2.75) is 88.7 Å². The summed E-state index contributed by atoms with van der Waals surface area (Å²) < 4.78 is 20.2. The van der Waals surface area contributed by atoms with Crippen LogP contribution in [0.3, 0.4) is 0 Å². The van der Waals surface area contributed by atoms with Gasteiger partial charge < -0.3 is 25.6 Å². The van der Waals surface area contributed by atoms with E-state index in [1.54, 1.807) is 26.1 Å². The first-order valence-corrected chi connectivity index (χ1v) is 12.8. The van der Waals surface area contributed by atoms with Gasteiger partial charge in [-0.1, -0.05) is 11.6 Å². The van der Waals surface area contributed by atoms with Crippen molar-refractivity contribution in [2.75, 3.05) is 6.54 Å². The molecule has 9 heteroatoms. The third-order valence-corrected chi connectivity index (χ3v) is 7.13. The molecule has 4 N–H and O–H groups in total. The highest BCUT2D eigenvalue weighted by atomic mass is 35.5. The Bertz CT molecular complexity index is 1080. The zero-order valence-corrected chi connectivity index (χ0v) is 21.7. The number of halogens is 2. The highest BCUT2D eigenvalue weighted by Crippen LogP contribution is 2.48. The van der Waals surface area contributed by atoms with E-state index in [1.165, 1.54) is 19.1 Å². The standard InChI is InChI=1S/C27H35ClFN3O4/c1-16(33)32-22(9-17-7-18(28)10-19(29)8-17)24(34)14-31-23-13-27(5-4-6-27)36-25-15-30-20(11-21(23)25)12-26(2,3)35/h7-8,10-11,15,22-24,31,34-35H,4-6,9,12-14H2,1-3H3,(H,32,33)/t22-,23-,24-/m0/s1. The van der Waals surface area contributed by atoms with Crippen molar-refractivity contribution in [1.82, 2.24) is 15.6 Å². The number of aliphatic hydroxyl groups excluding tert-OH is 1. The Hall–Kier alpha value is -2.26. The van der Waals surface area contributed by atoms with Crippen LogP contribution in [0.25, 0.3) is 0 Å². The number of aliphatic hydroxyl groups is 2. The molecule has 3 atom stereocenters. The highest BCUT2D eigenvalue weighted by molar-refractivity contribution is 6.30. The van der Waals surface area contributed by atoms with Crippen molar-refractivity contribution >= 4 is 17.5 Å². The normalized spacial score (nSPS) is 20.1. The lowest BCUT2D eigenvalue weighted by atomic mass is 9.73. The van der Waals surface area contributed by atoms with Crippen molar-refractivity contribution in [3.63, 3.8) is 0 Å². The van der Waals surface area contributed by atoms with Crippen LogP contribution in [0.15, 0.2) is 30.5 Å². The van der Waals surface area contributed by atoms with Gasteiger partial charge in [0, 0.05) is 48.6 Å². The predicted octanol–water partition coefficient (Wildman–Crippen LogP) is 3.63. The first kappa shape index (κ1) is 26.8. The highest BCUT2D eigenvalue weighted by Gasteiger charge is 2.46. The van der Waals surface area contributed by atoms with Gasteiger partial charge in [-0.15, -0.1) is 0 Å². The van der Waals surface area contributed by atoms with Gasteiger partial charge in [0.2, 0.25) is 5.91 Å². The second-order valence-electron chi connectivity index (χ2n) is 10.9. The maximum Gasteiger partial charge on any atom is 0.217 e. The zero-order chi connectivity index (χ0) is 26.1. The first-order valence-electron chi connectivity index (χ1n) is 12.5. The number of hydrogen-bond donors (Lipinski definition) is 4. The molecule has 1 saturated carbocycles. The lowest BCUT2D eigenvalue weighted by Gasteiger charge is -2.48. The van der Waals surface area contributed by atoms with Gasteiger partial charge in [-0.2, -0.15) is 0 Å². The molecule has 2 aromatic rings. The summed E-state index contributed by atoms with van der Waals surface area (Å²) in [5.74, 6) is -0.0271. The summed E-state index contributed by atoms with van der Waals surface area (Å²) in [6, 6.07) is 5.44. The minimum absolute atomic E-state index is 0.0890. The van der Waals surface area contributed by atoms with E-state index in [-0.39, 0.29) is 35.5 Å². The van der Waals surface area contributed by atoms with Crippen molar-refractivity contribution < 1.29 is 24.1 Å². The number of aromatic nitrogens is 1. The number of carbonyl (C=O) groups excluding carboxylic acids is 1. The number of nitrogens with one attached hydrogen (secondary N) is 2. The number of rotatable bonds is 9. The lowest BCUT2D eigenvalue weighted by molar-refractivity contribution is -0.120. The summed E-state index contributed by atoms with van der Waals surface area (Å²) in [5, 5.41) is 27.8. The molecule has 1 fully saturated rings. The van der Waals surface area contributed by atoms with Crippen LogP contribution in [0.4, 0.5) is 4.39 Å². The average molecular weight is 520 g/mol. The van der Waals surface area contributed by atoms with Crippen molar-refractivity contribution in [1.29, 1.82) is 0 Å². The molecule has 0 saturated heterocycles. The number of carbonyl (C=O) groups is 1. The van der Waals surface area contributed by atoms with Crippen LogP contribution in [0.2, 0.25) is 5.02 Å². The fourth-order valence-electron chi connectivity index (χ4n) is 5.15. The molecule has 196 valence electrons. The third-order valence-electron chi connectivity index (χ3n) is 6.92. The Labute approximate surface area is 216 Å². The number of nitrogens with zero attached hydrogens (tertiary/aromatic N) is 1. The number of fused-ring (bicyclic) bond motifs is 1. The van der Waals surface area contributed by atoms with E-state index in [4.69, 9.17) is 16.3 Å². The Morgan fingerprint density at radius 3 is 2.69 bits per heavy atom. The summed E-state index contributed by atoms with van der Waals surface area (Å²) in [4.78, 5) is 16.4. The fourth-order valence-corrected chi connectivity index (χ4v) is 5.39. The Morgan fingerprint density at radius 2 is 2.08 bits per heavy atom. The molecule has 0 unspecified atom stereocenters. The predicted molar refractivity (Wildman–Crippen MR) is 136 cm³/mol. The van der Waals surface area contributed by atoms with Crippen LogP contribution in [-0.4, -0.2) is 51.0 Å². The number of benzene rings is 1. The first-order chi connectivity index (χ1) is 16.9. The molecular formula is C27H35ClFN3O4. The number of hydrogen-bond acceptors (Lipinski definition) is 6. The van der Waals surface area contributed by atoms with E-state index >= 15 is 0 Å². The molecule has 36 heavy (non-hydrogen) atoms. The van der Waals surface area contributed by atoms with E-state index in [9.17, 15) is 19.4 Å². The number of ether oxygens (including phenoxy) is 1. The second-order valence-corrected chi connectivity index (χ2v) is 11.3. The summed E-state index contributed by atoms with van der Waals surface area (Å²) in [6.07, 6.45) is 5.22. The molecule has 1 aromatic carbocycles. The summed E-state index contributed by atoms with van der Waals surface area (Å²) in [5.41, 5.74) is 1.17. The molecule has 1 aliphatic carbocycles.